The monoisotopic (exact) mass is 388 g/mol. The van der Waals surface area contributed by atoms with Gasteiger partial charge in [-0.05, 0) is 49.5 Å². The molecule has 0 amide bonds. The fourth-order valence-corrected chi connectivity index (χ4v) is 3.21. The summed E-state index contributed by atoms with van der Waals surface area (Å²) in [7, 11) is 0. The summed E-state index contributed by atoms with van der Waals surface area (Å²) in [6, 6.07) is 14.1. The van der Waals surface area contributed by atoms with Crippen LogP contribution in [0.2, 0.25) is 0 Å². The Morgan fingerprint density at radius 2 is 1.96 bits per heavy atom. The Balaban J connectivity index is 0.00000261. The van der Waals surface area contributed by atoms with Gasteiger partial charge in [0.05, 0.1) is 0 Å². The van der Waals surface area contributed by atoms with Crippen LogP contribution in [0, 0.1) is 5.92 Å². The molecule has 2 aromatic rings. The first-order valence-electron chi connectivity index (χ1n) is 8.92. The van der Waals surface area contributed by atoms with E-state index in [1.54, 1.807) is 12.1 Å². The van der Waals surface area contributed by atoms with Crippen molar-refractivity contribution < 1.29 is 10.0 Å². The predicted molar refractivity (Wildman–Crippen MR) is 109 cm³/mol. The molecule has 1 aromatic heterocycles. The molecule has 0 unspecified atom stereocenters. The molecular weight excluding hydrogens is 364 g/mol. The van der Waals surface area contributed by atoms with Crippen LogP contribution in [0.4, 0.5) is 5.82 Å². The molecule has 2 N–H and O–H groups in total. The SMILES string of the molecule is Cl.O=C(C=NO)c1ccc(NCC2CCN(Cc3ccccc3)CC2)nc1. The molecule has 3 rings (SSSR count). The van der Waals surface area contributed by atoms with Crippen molar-refractivity contribution in [1.82, 2.24) is 9.88 Å². The van der Waals surface area contributed by atoms with Crippen molar-refractivity contribution in [3.63, 3.8) is 0 Å². The van der Waals surface area contributed by atoms with Gasteiger partial charge in [-0.25, -0.2) is 4.98 Å². The summed E-state index contributed by atoms with van der Waals surface area (Å²) in [5, 5.41) is 14.5. The van der Waals surface area contributed by atoms with Crippen molar-refractivity contribution in [2.75, 3.05) is 25.0 Å². The van der Waals surface area contributed by atoms with E-state index in [1.165, 1.54) is 24.6 Å². The van der Waals surface area contributed by atoms with Gasteiger partial charge in [0.25, 0.3) is 0 Å². The first kappa shape index (κ1) is 20.9. The molecule has 27 heavy (non-hydrogen) atoms. The molecule has 144 valence electrons. The lowest BCUT2D eigenvalue weighted by Gasteiger charge is -2.32. The summed E-state index contributed by atoms with van der Waals surface area (Å²) in [5.41, 5.74) is 1.77. The number of carbonyl (C=O) groups is 1. The van der Waals surface area contributed by atoms with E-state index in [9.17, 15) is 4.79 Å². The number of benzene rings is 1. The highest BCUT2D eigenvalue weighted by atomic mass is 35.5. The number of rotatable bonds is 7. The van der Waals surface area contributed by atoms with E-state index in [2.05, 4.69) is 50.7 Å². The number of ketones is 1. The van der Waals surface area contributed by atoms with Crippen LogP contribution in [0.1, 0.15) is 28.8 Å². The number of likely N-dealkylation sites (tertiary alicyclic amines) is 1. The van der Waals surface area contributed by atoms with Gasteiger partial charge in [-0.1, -0.05) is 35.5 Å². The van der Waals surface area contributed by atoms with E-state index < -0.39 is 0 Å². The lowest BCUT2D eigenvalue weighted by atomic mass is 9.96. The maximum Gasteiger partial charge on any atom is 0.208 e. The Bertz CT molecular complexity index is 729. The topological polar surface area (TPSA) is 77.8 Å². The smallest absolute Gasteiger partial charge is 0.208 e. The Labute approximate surface area is 165 Å². The van der Waals surface area contributed by atoms with E-state index >= 15 is 0 Å². The number of oxime groups is 1. The number of anilines is 1. The highest BCUT2D eigenvalue weighted by Crippen LogP contribution is 2.19. The Kier molecular flexibility index (Phi) is 8.23. The number of Topliss-reactive ketones (excluding diaryl/α,β-unsaturated/α-hetero) is 1. The van der Waals surface area contributed by atoms with Crippen LogP contribution >= 0.6 is 12.4 Å². The number of hydrogen-bond acceptors (Lipinski definition) is 6. The first-order chi connectivity index (χ1) is 12.7. The van der Waals surface area contributed by atoms with E-state index in [1.807, 2.05) is 0 Å². The summed E-state index contributed by atoms with van der Waals surface area (Å²) in [6.45, 7) is 4.14. The number of pyridine rings is 1. The van der Waals surface area contributed by atoms with E-state index in [-0.39, 0.29) is 18.2 Å². The standard InChI is InChI=1S/C20H24N4O2.ClH/c25-19(14-23-26)18-6-7-20(22-13-18)21-12-16-8-10-24(11-9-16)15-17-4-2-1-3-5-17;/h1-7,13-14,16,26H,8-12,15H2,(H,21,22);1H. The number of nitrogens with one attached hydrogen (secondary N) is 1. The van der Waals surface area contributed by atoms with Gasteiger partial charge >= 0.3 is 0 Å². The van der Waals surface area contributed by atoms with Gasteiger partial charge in [0, 0.05) is 24.8 Å². The zero-order chi connectivity index (χ0) is 18.2. The molecule has 0 saturated carbocycles. The van der Waals surface area contributed by atoms with Crippen molar-refractivity contribution in [1.29, 1.82) is 0 Å². The largest absolute Gasteiger partial charge is 0.411 e. The zero-order valence-corrected chi connectivity index (χ0v) is 15.9. The van der Waals surface area contributed by atoms with Crippen molar-refractivity contribution in [2.24, 2.45) is 11.1 Å². The quantitative estimate of drug-likeness (QED) is 0.328. The van der Waals surface area contributed by atoms with Crippen LogP contribution in [0.5, 0.6) is 0 Å². The fourth-order valence-electron chi connectivity index (χ4n) is 3.21. The van der Waals surface area contributed by atoms with Crippen molar-refractivity contribution in [3.8, 4) is 0 Å². The Morgan fingerprint density at radius 1 is 1.22 bits per heavy atom. The second-order valence-corrected chi connectivity index (χ2v) is 6.63. The third kappa shape index (κ3) is 6.34. The van der Waals surface area contributed by atoms with Gasteiger partial charge in [-0.2, -0.15) is 0 Å². The number of piperidine rings is 1. The second kappa shape index (κ2) is 10.6. The summed E-state index contributed by atoms with van der Waals surface area (Å²) in [4.78, 5) is 18.3. The van der Waals surface area contributed by atoms with Crippen LogP contribution in [0.25, 0.3) is 0 Å². The Hall–Kier alpha value is -2.44. The van der Waals surface area contributed by atoms with Gasteiger partial charge in [0.1, 0.15) is 12.0 Å². The maximum atomic E-state index is 11.5. The molecule has 1 saturated heterocycles. The average Bonchev–Trinajstić information content (AvgIpc) is 2.69. The molecule has 1 fully saturated rings. The summed E-state index contributed by atoms with van der Waals surface area (Å²) in [6.07, 6.45) is 4.70. The Morgan fingerprint density at radius 3 is 2.59 bits per heavy atom. The van der Waals surface area contributed by atoms with Crippen LogP contribution in [0.15, 0.2) is 53.8 Å². The van der Waals surface area contributed by atoms with E-state index in [4.69, 9.17) is 5.21 Å². The lowest BCUT2D eigenvalue weighted by Crippen LogP contribution is -2.35. The zero-order valence-electron chi connectivity index (χ0n) is 15.1. The molecule has 0 aliphatic carbocycles. The van der Waals surface area contributed by atoms with Gasteiger partial charge < -0.3 is 10.5 Å². The van der Waals surface area contributed by atoms with Crippen molar-refractivity contribution in [2.45, 2.75) is 19.4 Å². The molecule has 7 heteroatoms. The summed E-state index contributed by atoms with van der Waals surface area (Å²) in [5.74, 6) is 1.03. The fraction of sp³-hybridized carbons (Fsp3) is 0.350. The van der Waals surface area contributed by atoms with Gasteiger partial charge in [0.2, 0.25) is 5.78 Å². The normalized spacial score (nSPS) is 15.4. The highest BCUT2D eigenvalue weighted by molar-refractivity contribution is 6.35. The molecule has 1 aliphatic heterocycles. The molecule has 1 aliphatic rings. The minimum absolute atomic E-state index is 0. The predicted octanol–water partition coefficient (Wildman–Crippen LogP) is 3.47. The molecule has 0 spiro atoms. The highest BCUT2D eigenvalue weighted by Gasteiger charge is 2.19. The molecular formula is C20H25ClN4O2. The third-order valence-electron chi connectivity index (χ3n) is 4.75. The third-order valence-corrected chi connectivity index (χ3v) is 4.75. The van der Waals surface area contributed by atoms with E-state index in [0.717, 1.165) is 38.2 Å². The number of halogens is 1. The van der Waals surface area contributed by atoms with Crippen LogP contribution in [-0.2, 0) is 6.54 Å². The summed E-state index contributed by atoms with van der Waals surface area (Å²) < 4.78 is 0. The maximum absolute atomic E-state index is 11.5. The lowest BCUT2D eigenvalue weighted by molar-refractivity contribution is 0.106. The molecule has 2 heterocycles. The van der Waals surface area contributed by atoms with Gasteiger partial charge in [0.15, 0.2) is 0 Å². The minimum atomic E-state index is -0.364. The molecule has 0 radical (unpaired) electrons. The van der Waals surface area contributed by atoms with Crippen LogP contribution in [0.3, 0.4) is 0 Å². The number of hydrogen-bond donors (Lipinski definition) is 2. The molecule has 6 nitrogen and oxygen atoms in total. The average molecular weight is 389 g/mol. The van der Waals surface area contributed by atoms with Crippen molar-refractivity contribution in [3.05, 3.63) is 59.8 Å². The first-order valence-corrected chi connectivity index (χ1v) is 8.92. The number of nitrogens with zero attached hydrogens (tertiary/aromatic N) is 3. The summed E-state index contributed by atoms with van der Waals surface area (Å²) >= 11 is 0. The number of aromatic nitrogens is 1. The minimum Gasteiger partial charge on any atom is -0.411 e. The molecule has 0 atom stereocenters. The van der Waals surface area contributed by atoms with Crippen LogP contribution < -0.4 is 5.32 Å². The van der Waals surface area contributed by atoms with Gasteiger partial charge in [-0.15, -0.1) is 12.4 Å². The molecule has 0 bridgehead atoms. The number of carbonyl (C=O) groups excluding carboxylic acids is 1. The van der Waals surface area contributed by atoms with Gasteiger partial charge in [-0.3, -0.25) is 9.69 Å². The van der Waals surface area contributed by atoms with E-state index in [0.29, 0.717) is 11.5 Å². The molecule has 1 aromatic carbocycles. The van der Waals surface area contributed by atoms with Crippen LogP contribution in [-0.4, -0.2) is 46.7 Å². The van der Waals surface area contributed by atoms with Crippen molar-refractivity contribution >= 4 is 30.2 Å². The second-order valence-electron chi connectivity index (χ2n) is 6.63.